The Kier molecular flexibility index (Phi) is 5.71. The Morgan fingerprint density at radius 2 is 1.82 bits per heavy atom. The minimum absolute atomic E-state index is 0.944. The fraction of sp³-hybridized carbons (Fsp3) is 0.286. The fourth-order valence-corrected chi connectivity index (χ4v) is 2.92. The number of aliphatic imine (C=N–C) groups is 1. The van der Waals surface area contributed by atoms with Crippen molar-refractivity contribution in [2.45, 2.75) is 40.0 Å². The van der Waals surface area contributed by atoms with E-state index in [-0.39, 0.29) is 0 Å². The third-order valence-corrected chi connectivity index (χ3v) is 3.78. The van der Waals surface area contributed by atoms with Gasteiger partial charge in [-0.3, -0.25) is 4.99 Å². The Morgan fingerprint density at radius 3 is 2.45 bits per heavy atom. The molecule has 2 rings (SSSR count). The zero-order chi connectivity index (χ0) is 15.9. The van der Waals surface area contributed by atoms with Crippen molar-refractivity contribution in [3.05, 3.63) is 70.3 Å². The lowest BCUT2D eigenvalue weighted by Gasteiger charge is -2.08. The van der Waals surface area contributed by atoms with E-state index in [4.69, 9.17) is 0 Å². The van der Waals surface area contributed by atoms with E-state index in [0.717, 1.165) is 24.9 Å². The molecule has 0 aromatic heterocycles. The van der Waals surface area contributed by atoms with Gasteiger partial charge >= 0.3 is 0 Å². The molecule has 0 saturated carbocycles. The lowest BCUT2D eigenvalue weighted by atomic mass is 9.99. The highest BCUT2D eigenvalue weighted by molar-refractivity contribution is 5.69. The number of rotatable bonds is 6. The first-order valence-corrected chi connectivity index (χ1v) is 7.96. The summed E-state index contributed by atoms with van der Waals surface area (Å²) in [6.07, 6.45) is 7.59. The molecule has 2 aromatic carbocycles. The van der Waals surface area contributed by atoms with Crippen LogP contribution >= 0.6 is 0 Å². The van der Waals surface area contributed by atoms with Gasteiger partial charge in [-0.15, -0.1) is 0 Å². The highest BCUT2D eigenvalue weighted by Crippen LogP contribution is 2.25. The van der Waals surface area contributed by atoms with Gasteiger partial charge in [0.15, 0.2) is 0 Å². The highest BCUT2D eigenvalue weighted by Gasteiger charge is 2.03. The topological polar surface area (TPSA) is 12.4 Å². The SMILES string of the molecule is C=Nc1cccc(CCC)c1/C=C\Cc1cc(C)cc(C)c1. The maximum absolute atomic E-state index is 4.17. The Labute approximate surface area is 134 Å². The molecule has 0 amide bonds. The number of benzene rings is 2. The molecule has 0 bridgehead atoms. The molecular weight excluding hydrogens is 266 g/mol. The van der Waals surface area contributed by atoms with Crippen molar-refractivity contribution in [1.82, 2.24) is 0 Å². The summed E-state index contributed by atoms with van der Waals surface area (Å²) in [7, 11) is 0. The molecule has 0 unspecified atom stereocenters. The first-order valence-electron chi connectivity index (χ1n) is 7.96. The van der Waals surface area contributed by atoms with Gasteiger partial charge in [0.1, 0.15) is 0 Å². The second-order valence-corrected chi connectivity index (χ2v) is 5.86. The molecule has 1 nitrogen and oxygen atoms in total. The van der Waals surface area contributed by atoms with Gasteiger partial charge in [-0.05, 0) is 50.6 Å². The number of allylic oxidation sites excluding steroid dienone is 1. The summed E-state index contributed by atoms with van der Waals surface area (Å²) >= 11 is 0. The van der Waals surface area contributed by atoms with E-state index < -0.39 is 0 Å². The van der Waals surface area contributed by atoms with Gasteiger partial charge in [0.05, 0.1) is 5.69 Å². The Bertz CT molecular complexity index is 660. The van der Waals surface area contributed by atoms with Crippen molar-refractivity contribution in [2.75, 3.05) is 0 Å². The normalized spacial score (nSPS) is 11.0. The zero-order valence-corrected chi connectivity index (χ0v) is 13.9. The van der Waals surface area contributed by atoms with Crippen LogP contribution in [0, 0.1) is 13.8 Å². The third kappa shape index (κ3) is 4.17. The second-order valence-electron chi connectivity index (χ2n) is 5.86. The van der Waals surface area contributed by atoms with Gasteiger partial charge in [0.2, 0.25) is 0 Å². The lowest BCUT2D eigenvalue weighted by Crippen LogP contribution is -1.90. The van der Waals surface area contributed by atoms with Crippen LogP contribution in [0.3, 0.4) is 0 Å². The summed E-state index contributed by atoms with van der Waals surface area (Å²) in [5, 5.41) is 0. The standard InChI is InChI=1S/C21H25N/c1-5-8-19-10-7-12-21(22-4)20(19)11-6-9-18-14-16(2)13-17(3)15-18/h6-7,10-15H,4-5,8-9H2,1-3H3/b11-6-. The van der Waals surface area contributed by atoms with Crippen molar-refractivity contribution < 1.29 is 0 Å². The first-order chi connectivity index (χ1) is 10.6. The van der Waals surface area contributed by atoms with Crippen molar-refractivity contribution in [3.8, 4) is 0 Å². The largest absolute Gasteiger partial charge is 0.264 e. The predicted molar refractivity (Wildman–Crippen MR) is 98.3 cm³/mol. The van der Waals surface area contributed by atoms with Crippen molar-refractivity contribution in [1.29, 1.82) is 0 Å². The predicted octanol–water partition coefficient (Wildman–Crippen LogP) is 5.84. The van der Waals surface area contributed by atoms with Crippen LogP contribution in [0.25, 0.3) is 6.08 Å². The number of nitrogens with zero attached hydrogens (tertiary/aromatic N) is 1. The van der Waals surface area contributed by atoms with E-state index in [1.54, 1.807) is 0 Å². The summed E-state index contributed by atoms with van der Waals surface area (Å²) in [6.45, 7) is 10.2. The van der Waals surface area contributed by atoms with E-state index in [9.17, 15) is 0 Å². The van der Waals surface area contributed by atoms with Crippen LogP contribution in [0.5, 0.6) is 0 Å². The Balaban J connectivity index is 2.23. The second kappa shape index (κ2) is 7.74. The van der Waals surface area contributed by atoms with Gasteiger partial charge in [-0.2, -0.15) is 0 Å². The molecule has 0 atom stereocenters. The average molecular weight is 291 g/mol. The van der Waals surface area contributed by atoms with Gasteiger partial charge in [0.25, 0.3) is 0 Å². The van der Waals surface area contributed by atoms with Crippen LogP contribution < -0.4 is 0 Å². The van der Waals surface area contributed by atoms with E-state index in [0.29, 0.717) is 0 Å². The minimum Gasteiger partial charge on any atom is -0.264 e. The number of hydrogen-bond donors (Lipinski definition) is 0. The minimum atomic E-state index is 0.944. The van der Waals surface area contributed by atoms with Crippen LogP contribution in [0.1, 0.15) is 41.2 Å². The lowest BCUT2D eigenvalue weighted by molar-refractivity contribution is 0.919. The summed E-state index contributed by atoms with van der Waals surface area (Å²) in [5.41, 5.74) is 7.54. The van der Waals surface area contributed by atoms with Gasteiger partial charge in [0, 0.05) is 5.56 Å². The highest BCUT2D eigenvalue weighted by atomic mass is 14.7. The molecule has 0 aliphatic carbocycles. The fourth-order valence-electron chi connectivity index (χ4n) is 2.92. The quantitative estimate of drug-likeness (QED) is 0.592. The Hall–Kier alpha value is -2.15. The summed E-state index contributed by atoms with van der Waals surface area (Å²) in [4.78, 5) is 4.17. The van der Waals surface area contributed by atoms with Crippen LogP contribution in [0.4, 0.5) is 5.69 Å². The molecule has 0 heterocycles. The number of hydrogen-bond acceptors (Lipinski definition) is 1. The maximum atomic E-state index is 4.17. The zero-order valence-electron chi connectivity index (χ0n) is 13.9. The van der Waals surface area contributed by atoms with Crippen molar-refractivity contribution in [2.24, 2.45) is 4.99 Å². The van der Waals surface area contributed by atoms with E-state index in [2.05, 4.69) is 75.0 Å². The first kappa shape index (κ1) is 16.2. The Morgan fingerprint density at radius 1 is 1.09 bits per heavy atom. The van der Waals surface area contributed by atoms with E-state index in [1.165, 1.54) is 27.8 Å². The molecule has 1 heteroatoms. The van der Waals surface area contributed by atoms with Gasteiger partial charge < -0.3 is 0 Å². The smallest absolute Gasteiger partial charge is 0.0697 e. The molecule has 0 spiro atoms. The van der Waals surface area contributed by atoms with Crippen LogP contribution in [0.2, 0.25) is 0 Å². The monoisotopic (exact) mass is 291 g/mol. The maximum Gasteiger partial charge on any atom is 0.0697 e. The molecular formula is C21H25N. The molecule has 0 aliphatic heterocycles. The summed E-state index contributed by atoms with van der Waals surface area (Å²) < 4.78 is 0. The third-order valence-electron chi connectivity index (χ3n) is 3.78. The summed E-state index contributed by atoms with van der Waals surface area (Å²) in [5.74, 6) is 0. The van der Waals surface area contributed by atoms with E-state index >= 15 is 0 Å². The van der Waals surface area contributed by atoms with Crippen LogP contribution in [-0.2, 0) is 12.8 Å². The van der Waals surface area contributed by atoms with Gasteiger partial charge in [-0.25, -0.2) is 0 Å². The number of aryl methyl sites for hydroxylation is 3. The van der Waals surface area contributed by atoms with Crippen molar-refractivity contribution in [3.63, 3.8) is 0 Å². The molecule has 0 saturated heterocycles. The molecule has 114 valence electrons. The van der Waals surface area contributed by atoms with Crippen LogP contribution in [-0.4, -0.2) is 6.72 Å². The van der Waals surface area contributed by atoms with Crippen molar-refractivity contribution >= 4 is 18.5 Å². The molecule has 0 aliphatic rings. The molecule has 0 N–H and O–H groups in total. The molecule has 0 fully saturated rings. The van der Waals surface area contributed by atoms with Crippen LogP contribution in [0.15, 0.2) is 47.5 Å². The summed E-state index contributed by atoms with van der Waals surface area (Å²) in [6, 6.07) is 13.0. The van der Waals surface area contributed by atoms with Gasteiger partial charge in [-0.1, -0.05) is 67.0 Å². The molecule has 2 aromatic rings. The molecule has 22 heavy (non-hydrogen) atoms. The average Bonchev–Trinajstić information content (AvgIpc) is 2.48. The molecule has 0 radical (unpaired) electrons. The van der Waals surface area contributed by atoms with E-state index in [1.807, 2.05) is 6.07 Å².